The molecule has 0 aliphatic heterocycles. The highest BCUT2D eigenvalue weighted by Gasteiger charge is 2.17. The van der Waals surface area contributed by atoms with Crippen LogP contribution in [0.25, 0.3) is 0 Å². The molecule has 0 spiro atoms. The molecule has 2 aromatic rings. The molecule has 3 N–H and O–H groups in total. The molecule has 0 aliphatic rings. The highest BCUT2D eigenvalue weighted by Crippen LogP contribution is 2.27. The fraction of sp³-hybridized carbons (Fsp3) is 0.273. The van der Waals surface area contributed by atoms with Gasteiger partial charge in [-0.25, -0.2) is 4.39 Å². The van der Waals surface area contributed by atoms with Crippen molar-refractivity contribution >= 4 is 15.9 Å². The van der Waals surface area contributed by atoms with Crippen LogP contribution in [0.4, 0.5) is 4.39 Å². The van der Waals surface area contributed by atoms with Gasteiger partial charge in [0.15, 0.2) is 0 Å². The number of nitrogens with two attached hydrogens (primary N) is 1. The van der Waals surface area contributed by atoms with Crippen LogP contribution in [0.5, 0.6) is 0 Å². The molecule has 1 heterocycles. The summed E-state index contributed by atoms with van der Waals surface area (Å²) < 4.78 is 15.5. The second-order valence-corrected chi connectivity index (χ2v) is 4.74. The minimum atomic E-state index is -0.313. The Morgan fingerprint density at radius 1 is 1.56 bits per heavy atom. The standard InChI is InChI=1S/C11H13BrFN5/c1-18-6-7(16-17-18)5-10(15-14)8-3-2-4-9(13)11(8)12/h2-4,6,10,15H,5,14H2,1H3. The molecule has 1 aromatic carbocycles. The fourth-order valence-electron chi connectivity index (χ4n) is 1.75. The maximum absolute atomic E-state index is 13.5. The predicted octanol–water partition coefficient (Wildman–Crippen LogP) is 1.46. The molecule has 0 fully saturated rings. The number of hydrazine groups is 1. The van der Waals surface area contributed by atoms with Crippen LogP contribution in [0.2, 0.25) is 0 Å². The zero-order chi connectivity index (χ0) is 13.1. The third kappa shape index (κ3) is 2.74. The highest BCUT2D eigenvalue weighted by atomic mass is 79.9. The van der Waals surface area contributed by atoms with E-state index in [9.17, 15) is 4.39 Å². The number of benzene rings is 1. The number of hydrogen-bond donors (Lipinski definition) is 2. The third-order valence-corrected chi connectivity index (χ3v) is 3.46. The summed E-state index contributed by atoms with van der Waals surface area (Å²) in [6, 6.07) is 4.63. The van der Waals surface area contributed by atoms with Crippen molar-refractivity contribution in [2.24, 2.45) is 12.9 Å². The van der Waals surface area contributed by atoms with Crippen molar-refractivity contribution in [2.45, 2.75) is 12.5 Å². The molecule has 0 bridgehead atoms. The molecule has 1 unspecified atom stereocenters. The van der Waals surface area contributed by atoms with Gasteiger partial charge in [-0.15, -0.1) is 5.10 Å². The molecule has 7 heteroatoms. The maximum Gasteiger partial charge on any atom is 0.137 e. The van der Waals surface area contributed by atoms with Crippen LogP contribution in [0, 0.1) is 5.82 Å². The van der Waals surface area contributed by atoms with E-state index in [-0.39, 0.29) is 11.9 Å². The molecule has 18 heavy (non-hydrogen) atoms. The molecule has 1 atom stereocenters. The molecule has 2 rings (SSSR count). The number of halogens is 2. The molecule has 0 saturated carbocycles. The molecule has 5 nitrogen and oxygen atoms in total. The van der Waals surface area contributed by atoms with Crippen LogP contribution in [0.1, 0.15) is 17.3 Å². The molecule has 96 valence electrons. The average molecular weight is 314 g/mol. The molecule has 1 aromatic heterocycles. The van der Waals surface area contributed by atoms with Crippen LogP contribution >= 0.6 is 15.9 Å². The van der Waals surface area contributed by atoms with Gasteiger partial charge in [-0.3, -0.25) is 16.0 Å². The Balaban J connectivity index is 2.25. The second-order valence-electron chi connectivity index (χ2n) is 3.95. The van der Waals surface area contributed by atoms with Crippen LogP contribution in [0.3, 0.4) is 0 Å². The Kier molecular flexibility index (Phi) is 4.05. The number of rotatable bonds is 4. The van der Waals surface area contributed by atoms with E-state index in [0.29, 0.717) is 10.9 Å². The van der Waals surface area contributed by atoms with Crippen molar-refractivity contribution < 1.29 is 4.39 Å². The minimum Gasteiger partial charge on any atom is -0.271 e. The fourth-order valence-corrected chi connectivity index (χ4v) is 2.29. The first-order chi connectivity index (χ1) is 8.61. The molecular formula is C11H13BrFN5. The van der Waals surface area contributed by atoms with Crippen LogP contribution in [-0.2, 0) is 13.5 Å². The first kappa shape index (κ1) is 13.1. The van der Waals surface area contributed by atoms with E-state index >= 15 is 0 Å². The van der Waals surface area contributed by atoms with Crippen LogP contribution in [0.15, 0.2) is 28.9 Å². The molecule has 0 aliphatic carbocycles. The lowest BCUT2D eigenvalue weighted by Crippen LogP contribution is -2.30. The summed E-state index contributed by atoms with van der Waals surface area (Å²) in [4.78, 5) is 0. The Bertz CT molecular complexity index is 542. The monoisotopic (exact) mass is 313 g/mol. The van der Waals surface area contributed by atoms with Gasteiger partial charge in [-0.1, -0.05) is 17.3 Å². The van der Waals surface area contributed by atoms with Crippen LogP contribution in [-0.4, -0.2) is 15.0 Å². The van der Waals surface area contributed by atoms with E-state index in [1.54, 1.807) is 24.0 Å². The van der Waals surface area contributed by atoms with Gasteiger partial charge in [0.25, 0.3) is 0 Å². The quantitative estimate of drug-likeness (QED) is 0.662. The maximum atomic E-state index is 13.5. The number of nitrogens with zero attached hydrogens (tertiary/aromatic N) is 3. The molecule has 0 amide bonds. The topological polar surface area (TPSA) is 68.8 Å². The van der Waals surface area contributed by atoms with Gasteiger partial charge < -0.3 is 0 Å². The van der Waals surface area contributed by atoms with Gasteiger partial charge in [0, 0.05) is 19.7 Å². The smallest absolute Gasteiger partial charge is 0.137 e. The van der Waals surface area contributed by atoms with Gasteiger partial charge in [0.05, 0.1) is 16.2 Å². The molecule has 0 saturated heterocycles. The highest BCUT2D eigenvalue weighted by molar-refractivity contribution is 9.10. The summed E-state index contributed by atoms with van der Waals surface area (Å²) in [6.07, 6.45) is 2.34. The van der Waals surface area contributed by atoms with Gasteiger partial charge in [0.2, 0.25) is 0 Å². The van der Waals surface area contributed by atoms with E-state index in [4.69, 9.17) is 5.84 Å². The molecule has 0 radical (unpaired) electrons. The van der Waals surface area contributed by atoms with Crippen molar-refractivity contribution in [2.75, 3.05) is 0 Å². The summed E-state index contributed by atoms with van der Waals surface area (Å²) in [5.74, 6) is 5.22. The summed E-state index contributed by atoms with van der Waals surface area (Å²) in [6.45, 7) is 0. The van der Waals surface area contributed by atoms with E-state index in [1.807, 2.05) is 6.07 Å². The van der Waals surface area contributed by atoms with Gasteiger partial charge in [0.1, 0.15) is 5.82 Å². The summed E-state index contributed by atoms with van der Waals surface area (Å²) >= 11 is 3.23. The first-order valence-corrected chi connectivity index (χ1v) is 6.16. The SMILES string of the molecule is Cn1cc(CC(NN)c2cccc(F)c2Br)nn1. The van der Waals surface area contributed by atoms with E-state index in [0.717, 1.165) is 11.3 Å². The number of hydrogen-bond acceptors (Lipinski definition) is 4. The van der Waals surface area contributed by atoms with Gasteiger partial charge in [-0.05, 0) is 27.6 Å². The van der Waals surface area contributed by atoms with Crippen molar-refractivity contribution in [3.8, 4) is 0 Å². The predicted molar refractivity (Wildman–Crippen MR) is 68.9 cm³/mol. The largest absolute Gasteiger partial charge is 0.271 e. The van der Waals surface area contributed by atoms with E-state index < -0.39 is 0 Å². The van der Waals surface area contributed by atoms with Crippen molar-refractivity contribution in [1.82, 2.24) is 20.4 Å². The Hall–Kier alpha value is -1.31. The lowest BCUT2D eigenvalue weighted by atomic mass is 10.0. The summed E-state index contributed by atoms with van der Waals surface area (Å²) in [5.41, 5.74) is 4.21. The minimum absolute atomic E-state index is 0.230. The summed E-state index contributed by atoms with van der Waals surface area (Å²) in [5, 5.41) is 7.84. The zero-order valence-corrected chi connectivity index (χ0v) is 11.4. The number of aromatic nitrogens is 3. The third-order valence-electron chi connectivity index (χ3n) is 2.62. The average Bonchev–Trinajstić information content (AvgIpc) is 2.76. The van der Waals surface area contributed by atoms with Crippen molar-refractivity contribution in [3.63, 3.8) is 0 Å². The Morgan fingerprint density at radius 3 is 2.94 bits per heavy atom. The van der Waals surface area contributed by atoms with Crippen LogP contribution < -0.4 is 11.3 Å². The number of aryl methyl sites for hydroxylation is 1. The van der Waals surface area contributed by atoms with Gasteiger partial charge in [-0.2, -0.15) is 0 Å². The Morgan fingerprint density at radius 2 is 2.33 bits per heavy atom. The van der Waals surface area contributed by atoms with Gasteiger partial charge >= 0.3 is 0 Å². The normalized spacial score (nSPS) is 12.7. The van der Waals surface area contributed by atoms with E-state index in [2.05, 4.69) is 31.7 Å². The zero-order valence-electron chi connectivity index (χ0n) is 9.77. The summed E-state index contributed by atoms with van der Waals surface area (Å²) in [7, 11) is 1.79. The van der Waals surface area contributed by atoms with Crippen molar-refractivity contribution in [1.29, 1.82) is 0 Å². The second kappa shape index (κ2) is 5.55. The lowest BCUT2D eigenvalue weighted by Gasteiger charge is -2.16. The lowest BCUT2D eigenvalue weighted by molar-refractivity contribution is 0.534. The van der Waals surface area contributed by atoms with E-state index in [1.165, 1.54) is 6.07 Å². The first-order valence-electron chi connectivity index (χ1n) is 5.37. The number of nitrogens with one attached hydrogen (secondary N) is 1. The Labute approximate surface area is 112 Å². The van der Waals surface area contributed by atoms with Crippen molar-refractivity contribution in [3.05, 3.63) is 45.9 Å². The molecular weight excluding hydrogens is 301 g/mol.